The van der Waals surface area contributed by atoms with E-state index in [1.54, 1.807) is 36.4 Å². The lowest BCUT2D eigenvalue weighted by Crippen LogP contribution is -2.38. The highest BCUT2D eigenvalue weighted by molar-refractivity contribution is 7.98. The topological polar surface area (TPSA) is 66.5 Å². The van der Waals surface area contributed by atoms with Gasteiger partial charge in [-0.15, -0.1) is 11.8 Å². The number of nitrogens with zero attached hydrogens (tertiary/aromatic N) is 1. The van der Waals surface area contributed by atoms with Crippen molar-refractivity contribution in [2.45, 2.75) is 30.1 Å². The molecule has 3 aromatic rings. The van der Waals surface area contributed by atoms with Crippen LogP contribution in [0.2, 0.25) is 0 Å². The number of sulfonamides is 1. The van der Waals surface area contributed by atoms with Crippen molar-refractivity contribution in [1.82, 2.24) is 0 Å². The van der Waals surface area contributed by atoms with E-state index in [4.69, 9.17) is 0 Å². The van der Waals surface area contributed by atoms with Gasteiger partial charge >= 0.3 is 0 Å². The third-order valence-corrected chi connectivity index (χ3v) is 7.46. The SMILES string of the molecule is CCc1ccccc1NC(=O)CN(c1ccc(C)cc1)S(=O)(=O)c1ccc(SC)cc1. The highest BCUT2D eigenvalue weighted by Gasteiger charge is 2.27. The molecule has 0 saturated heterocycles. The summed E-state index contributed by atoms with van der Waals surface area (Å²) in [6.07, 6.45) is 2.69. The smallest absolute Gasteiger partial charge is 0.264 e. The molecule has 0 fully saturated rings. The summed E-state index contributed by atoms with van der Waals surface area (Å²) >= 11 is 1.54. The molecule has 3 rings (SSSR count). The Balaban J connectivity index is 1.94. The van der Waals surface area contributed by atoms with E-state index in [9.17, 15) is 13.2 Å². The van der Waals surface area contributed by atoms with Crippen LogP contribution in [-0.2, 0) is 21.2 Å². The Kier molecular flexibility index (Phi) is 7.41. The Morgan fingerprint density at radius 1 is 0.968 bits per heavy atom. The van der Waals surface area contributed by atoms with Crippen molar-refractivity contribution in [2.24, 2.45) is 0 Å². The first-order valence-corrected chi connectivity index (χ1v) is 12.6. The lowest BCUT2D eigenvalue weighted by molar-refractivity contribution is -0.114. The largest absolute Gasteiger partial charge is 0.324 e. The number of thioether (sulfide) groups is 1. The molecule has 0 radical (unpaired) electrons. The predicted molar refractivity (Wildman–Crippen MR) is 128 cm³/mol. The standard InChI is InChI=1S/C24H26N2O3S2/c1-4-19-7-5-6-8-23(19)25-24(27)17-26(20-11-9-18(2)10-12-20)31(28,29)22-15-13-21(30-3)14-16-22/h5-16H,4,17H2,1-3H3,(H,25,27). The number of hydrogen-bond acceptors (Lipinski definition) is 4. The molecule has 0 aliphatic rings. The van der Waals surface area contributed by atoms with Crippen molar-refractivity contribution in [3.8, 4) is 0 Å². The second-order valence-electron chi connectivity index (χ2n) is 7.08. The minimum atomic E-state index is -3.93. The number of hydrogen-bond donors (Lipinski definition) is 1. The summed E-state index contributed by atoms with van der Waals surface area (Å²) in [5.41, 5.74) is 3.14. The van der Waals surface area contributed by atoms with E-state index in [1.807, 2.05) is 56.5 Å². The Hall–Kier alpha value is -2.77. The van der Waals surface area contributed by atoms with E-state index in [0.717, 1.165) is 26.7 Å². The Bertz CT molecular complexity index is 1140. The molecule has 162 valence electrons. The predicted octanol–water partition coefficient (Wildman–Crippen LogP) is 5.11. The van der Waals surface area contributed by atoms with Gasteiger partial charge in [-0.2, -0.15) is 0 Å². The van der Waals surface area contributed by atoms with Gasteiger partial charge in [-0.25, -0.2) is 8.42 Å². The summed E-state index contributed by atoms with van der Waals surface area (Å²) < 4.78 is 28.1. The van der Waals surface area contributed by atoms with E-state index in [-0.39, 0.29) is 11.4 Å². The lowest BCUT2D eigenvalue weighted by atomic mass is 10.1. The quantitative estimate of drug-likeness (QED) is 0.480. The number of rotatable bonds is 8. The van der Waals surface area contributed by atoms with Crippen LogP contribution in [0.1, 0.15) is 18.1 Å². The molecule has 0 unspecified atom stereocenters. The summed E-state index contributed by atoms with van der Waals surface area (Å²) in [4.78, 5) is 14.0. The molecule has 0 aliphatic heterocycles. The second-order valence-corrected chi connectivity index (χ2v) is 9.82. The first-order valence-electron chi connectivity index (χ1n) is 9.96. The number of carbonyl (C=O) groups is 1. The number of carbonyl (C=O) groups excluding carboxylic acids is 1. The van der Waals surface area contributed by atoms with Crippen LogP contribution in [-0.4, -0.2) is 27.1 Å². The van der Waals surface area contributed by atoms with Gasteiger partial charge in [-0.3, -0.25) is 9.10 Å². The van der Waals surface area contributed by atoms with Crippen LogP contribution in [0, 0.1) is 6.92 Å². The monoisotopic (exact) mass is 454 g/mol. The van der Waals surface area contributed by atoms with E-state index in [1.165, 1.54) is 11.8 Å². The van der Waals surface area contributed by atoms with Crippen LogP contribution in [0.15, 0.2) is 82.6 Å². The summed E-state index contributed by atoms with van der Waals surface area (Å²) in [7, 11) is -3.93. The van der Waals surface area contributed by atoms with Crippen molar-refractivity contribution >= 4 is 39.1 Å². The summed E-state index contributed by atoms with van der Waals surface area (Å²) in [5.74, 6) is -0.397. The van der Waals surface area contributed by atoms with Crippen LogP contribution in [0.3, 0.4) is 0 Å². The number of amides is 1. The normalized spacial score (nSPS) is 11.2. The van der Waals surface area contributed by atoms with Crippen LogP contribution < -0.4 is 9.62 Å². The molecule has 7 heteroatoms. The third-order valence-electron chi connectivity index (χ3n) is 4.93. The molecule has 0 bridgehead atoms. The van der Waals surface area contributed by atoms with Crippen molar-refractivity contribution < 1.29 is 13.2 Å². The molecular formula is C24H26N2O3S2. The molecular weight excluding hydrogens is 428 g/mol. The minimum Gasteiger partial charge on any atom is -0.324 e. The van der Waals surface area contributed by atoms with Crippen LogP contribution in [0.25, 0.3) is 0 Å². The van der Waals surface area contributed by atoms with Gasteiger partial charge in [0.2, 0.25) is 5.91 Å². The molecule has 0 saturated carbocycles. The number of aryl methyl sites for hydroxylation is 2. The van der Waals surface area contributed by atoms with E-state index >= 15 is 0 Å². The maximum absolute atomic E-state index is 13.5. The fraction of sp³-hybridized carbons (Fsp3) is 0.208. The Morgan fingerprint density at radius 3 is 2.23 bits per heavy atom. The van der Waals surface area contributed by atoms with Crippen molar-refractivity contribution in [1.29, 1.82) is 0 Å². The zero-order valence-corrected chi connectivity index (χ0v) is 19.5. The second kappa shape index (κ2) is 10.0. The van der Waals surface area contributed by atoms with Crippen molar-refractivity contribution in [3.63, 3.8) is 0 Å². The molecule has 1 amide bonds. The number of anilines is 2. The lowest BCUT2D eigenvalue weighted by Gasteiger charge is -2.24. The third kappa shape index (κ3) is 5.48. The maximum atomic E-state index is 13.5. The highest BCUT2D eigenvalue weighted by Crippen LogP contribution is 2.26. The molecule has 0 aliphatic carbocycles. The molecule has 31 heavy (non-hydrogen) atoms. The van der Waals surface area contributed by atoms with E-state index < -0.39 is 15.9 Å². The van der Waals surface area contributed by atoms with E-state index in [0.29, 0.717) is 11.4 Å². The average molecular weight is 455 g/mol. The van der Waals surface area contributed by atoms with Gasteiger partial charge < -0.3 is 5.32 Å². The van der Waals surface area contributed by atoms with Gasteiger partial charge in [0.1, 0.15) is 6.54 Å². The molecule has 5 nitrogen and oxygen atoms in total. The van der Waals surface area contributed by atoms with Gasteiger partial charge in [0.25, 0.3) is 10.0 Å². The van der Waals surface area contributed by atoms with Gasteiger partial charge in [-0.1, -0.05) is 42.8 Å². The Labute approximate surface area is 188 Å². The number of para-hydroxylation sites is 1. The van der Waals surface area contributed by atoms with Crippen LogP contribution in [0.4, 0.5) is 11.4 Å². The molecule has 1 N–H and O–H groups in total. The van der Waals surface area contributed by atoms with Crippen LogP contribution in [0.5, 0.6) is 0 Å². The zero-order valence-electron chi connectivity index (χ0n) is 17.8. The van der Waals surface area contributed by atoms with Crippen molar-refractivity contribution in [2.75, 3.05) is 22.4 Å². The molecule has 0 heterocycles. The molecule has 0 aromatic heterocycles. The van der Waals surface area contributed by atoms with E-state index in [2.05, 4.69) is 5.32 Å². The maximum Gasteiger partial charge on any atom is 0.264 e. The first-order chi connectivity index (χ1) is 14.8. The van der Waals surface area contributed by atoms with Gasteiger partial charge in [-0.05, 0) is 67.6 Å². The van der Waals surface area contributed by atoms with Crippen LogP contribution >= 0.6 is 11.8 Å². The zero-order chi connectivity index (χ0) is 22.4. The minimum absolute atomic E-state index is 0.146. The summed E-state index contributed by atoms with van der Waals surface area (Å²) in [5, 5.41) is 2.87. The molecule has 0 spiro atoms. The van der Waals surface area contributed by atoms with Gasteiger partial charge in [0.05, 0.1) is 10.6 Å². The fourth-order valence-corrected chi connectivity index (χ4v) is 5.00. The highest BCUT2D eigenvalue weighted by atomic mass is 32.2. The average Bonchev–Trinajstić information content (AvgIpc) is 2.78. The molecule has 0 atom stereocenters. The van der Waals surface area contributed by atoms with Gasteiger partial charge in [0, 0.05) is 10.6 Å². The fourth-order valence-electron chi connectivity index (χ4n) is 3.17. The number of benzene rings is 3. The number of nitrogens with one attached hydrogen (secondary N) is 1. The summed E-state index contributed by atoms with van der Waals surface area (Å²) in [6, 6.07) is 21.3. The van der Waals surface area contributed by atoms with Crippen molar-refractivity contribution in [3.05, 3.63) is 83.9 Å². The first kappa shape index (κ1) is 22.9. The molecule has 3 aromatic carbocycles. The Morgan fingerprint density at radius 2 is 1.61 bits per heavy atom. The van der Waals surface area contributed by atoms with Gasteiger partial charge in [0.15, 0.2) is 0 Å². The summed E-state index contributed by atoms with van der Waals surface area (Å²) in [6.45, 7) is 3.61.